The number of likely N-dealkylation sites (tertiary alicyclic amines) is 1. The first-order valence-corrected chi connectivity index (χ1v) is 11.8. The van der Waals surface area contributed by atoms with E-state index in [4.69, 9.17) is 0 Å². The summed E-state index contributed by atoms with van der Waals surface area (Å²) in [4.78, 5) is 15.3. The predicted octanol–water partition coefficient (Wildman–Crippen LogP) is 5.31. The van der Waals surface area contributed by atoms with Crippen LogP contribution in [0.5, 0.6) is 0 Å². The Labute approximate surface area is 191 Å². The van der Waals surface area contributed by atoms with E-state index in [1.807, 2.05) is 54.2 Å². The van der Waals surface area contributed by atoms with Crippen molar-refractivity contribution in [1.82, 2.24) is 14.3 Å². The summed E-state index contributed by atoms with van der Waals surface area (Å²) in [5, 5.41) is 0. The van der Waals surface area contributed by atoms with Crippen LogP contribution >= 0.6 is 15.9 Å². The molecule has 1 saturated heterocycles. The Kier molecular flexibility index (Phi) is 7.08. The maximum atomic E-state index is 13.0. The summed E-state index contributed by atoms with van der Waals surface area (Å²) in [6.07, 6.45) is 5.76. The largest absolute Gasteiger partial charge is 0.297 e. The first-order chi connectivity index (χ1) is 15.0. The number of para-hydroxylation sites is 1. The minimum Gasteiger partial charge on any atom is -0.297 e. The quantitative estimate of drug-likeness (QED) is 0.453. The molecule has 0 spiro atoms. The molecule has 3 aromatic rings. The zero-order valence-electron chi connectivity index (χ0n) is 17.9. The molecule has 1 aromatic heterocycles. The molecule has 0 bridgehead atoms. The van der Waals surface area contributed by atoms with Gasteiger partial charge in [-0.25, -0.2) is 9.07 Å². The first kappa shape index (κ1) is 22.0. The zero-order chi connectivity index (χ0) is 21.8. The van der Waals surface area contributed by atoms with Crippen LogP contribution in [0.2, 0.25) is 0 Å². The number of benzene rings is 2. The maximum absolute atomic E-state index is 13.0. The highest BCUT2D eigenvalue weighted by Crippen LogP contribution is 2.25. The van der Waals surface area contributed by atoms with Gasteiger partial charge in [-0.05, 0) is 90.4 Å². The number of nitrogens with zero attached hydrogens (tertiary/aromatic N) is 3. The van der Waals surface area contributed by atoms with Crippen LogP contribution in [0.4, 0.5) is 4.39 Å². The number of halogens is 2. The maximum Gasteiger partial charge on any atom is 0.286 e. The van der Waals surface area contributed by atoms with Gasteiger partial charge in [0.15, 0.2) is 0 Å². The van der Waals surface area contributed by atoms with Crippen LogP contribution < -0.4 is 5.56 Å². The van der Waals surface area contributed by atoms with Gasteiger partial charge in [-0.1, -0.05) is 36.8 Å². The molecule has 0 unspecified atom stereocenters. The van der Waals surface area contributed by atoms with E-state index in [1.54, 1.807) is 16.8 Å². The third kappa shape index (κ3) is 5.18. The molecule has 164 valence electrons. The SMILES string of the molecule is Cn1c(CN2CCC(CCCc3ccc(F)cc3)CC2)c(Br)c(=O)n1-c1ccccc1. The van der Waals surface area contributed by atoms with Gasteiger partial charge in [-0.15, -0.1) is 0 Å². The van der Waals surface area contributed by atoms with E-state index < -0.39 is 0 Å². The number of rotatable bonds is 7. The standard InChI is InChI=1S/C25H29BrFN3O/c1-28-23(24(26)25(31)30(28)22-8-3-2-4-9-22)18-29-16-14-20(15-17-29)7-5-6-19-10-12-21(27)13-11-19/h2-4,8-13,20H,5-7,14-18H2,1H3. The van der Waals surface area contributed by atoms with Crippen molar-refractivity contribution in [2.24, 2.45) is 13.0 Å². The molecular weight excluding hydrogens is 457 g/mol. The Bertz CT molecular complexity index is 1050. The van der Waals surface area contributed by atoms with E-state index in [2.05, 4.69) is 20.8 Å². The summed E-state index contributed by atoms with van der Waals surface area (Å²) in [5.41, 5.74) is 3.09. The fourth-order valence-corrected chi connectivity index (χ4v) is 5.09. The van der Waals surface area contributed by atoms with Crippen LogP contribution in [0.15, 0.2) is 63.9 Å². The molecule has 2 heterocycles. The second-order valence-corrected chi connectivity index (χ2v) is 9.27. The lowest BCUT2D eigenvalue weighted by atomic mass is 9.90. The van der Waals surface area contributed by atoms with Crippen molar-refractivity contribution in [3.05, 3.63) is 86.5 Å². The normalized spacial score (nSPS) is 15.5. The molecule has 1 aliphatic rings. The van der Waals surface area contributed by atoms with Crippen LogP contribution in [0.3, 0.4) is 0 Å². The van der Waals surface area contributed by atoms with Gasteiger partial charge in [0.25, 0.3) is 5.56 Å². The van der Waals surface area contributed by atoms with Gasteiger partial charge in [0.1, 0.15) is 10.3 Å². The summed E-state index contributed by atoms with van der Waals surface area (Å²) in [7, 11) is 1.96. The molecule has 0 N–H and O–H groups in total. The van der Waals surface area contributed by atoms with Gasteiger partial charge >= 0.3 is 0 Å². The highest BCUT2D eigenvalue weighted by Gasteiger charge is 2.23. The summed E-state index contributed by atoms with van der Waals surface area (Å²) in [6, 6.07) is 16.6. The van der Waals surface area contributed by atoms with E-state index in [0.717, 1.165) is 49.8 Å². The van der Waals surface area contributed by atoms with E-state index in [1.165, 1.54) is 24.8 Å². The molecular formula is C25H29BrFN3O. The lowest BCUT2D eigenvalue weighted by Crippen LogP contribution is -2.34. The van der Waals surface area contributed by atoms with Crippen LogP contribution in [-0.2, 0) is 20.0 Å². The molecule has 4 rings (SSSR count). The molecule has 31 heavy (non-hydrogen) atoms. The van der Waals surface area contributed by atoms with Crippen molar-refractivity contribution >= 4 is 15.9 Å². The van der Waals surface area contributed by atoms with E-state index in [9.17, 15) is 9.18 Å². The minimum absolute atomic E-state index is 0.0145. The van der Waals surface area contributed by atoms with Crippen molar-refractivity contribution in [1.29, 1.82) is 0 Å². The predicted molar refractivity (Wildman–Crippen MR) is 126 cm³/mol. The molecule has 0 saturated carbocycles. The molecule has 0 amide bonds. The Morgan fingerprint density at radius 3 is 2.39 bits per heavy atom. The number of piperidine rings is 1. The third-order valence-electron chi connectivity index (χ3n) is 6.40. The second-order valence-electron chi connectivity index (χ2n) is 8.48. The number of aromatic nitrogens is 2. The molecule has 0 radical (unpaired) electrons. The average Bonchev–Trinajstić information content (AvgIpc) is 3.00. The monoisotopic (exact) mass is 485 g/mol. The minimum atomic E-state index is -0.167. The summed E-state index contributed by atoms with van der Waals surface area (Å²) in [6.45, 7) is 2.88. The molecule has 0 aliphatic carbocycles. The first-order valence-electron chi connectivity index (χ1n) is 11.0. The number of aryl methyl sites for hydroxylation is 1. The van der Waals surface area contributed by atoms with Crippen molar-refractivity contribution in [2.75, 3.05) is 13.1 Å². The summed E-state index contributed by atoms with van der Waals surface area (Å²) >= 11 is 3.54. The van der Waals surface area contributed by atoms with E-state index in [-0.39, 0.29) is 11.4 Å². The lowest BCUT2D eigenvalue weighted by molar-refractivity contribution is 0.167. The van der Waals surface area contributed by atoms with Gasteiger partial charge in [0, 0.05) is 13.6 Å². The summed E-state index contributed by atoms with van der Waals surface area (Å²) in [5.74, 6) is 0.581. The Morgan fingerprint density at radius 2 is 1.71 bits per heavy atom. The van der Waals surface area contributed by atoms with Gasteiger partial charge in [0.2, 0.25) is 0 Å². The second kappa shape index (κ2) is 9.96. The van der Waals surface area contributed by atoms with E-state index in [0.29, 0.717) is 4.47 Å². The molecule has 2 aromatic carbocycles. The lowest BCUT2D eigenvalue weighted by Gasteiger charge is -2.32. The Morgan fingerprint density at radius 1 is 1.03 bits per heavy atom. The number of hydrogen-bond donors (Lipinski definition) is 0. The molecule has 1 fully saturated rings. The smallest absolute Gasteiger partial charge is 0.286 e. The summed E-state index contributed by atoms with van der Waals surface area (Å²) < 4.78 is 17.4. The van der Waals surface area contributed by atoms with Crippen LogP contribution in [0, 0.1) is 11.7 Å². The van der Waals surface area contributed by atoms with Crippen molar-refractivity contribution in [3.63, 3.8) is 0 Å². The Balaban J connectivity index is 1.31. The van der Waals surface area contributed by atoms with Gasteiger partial charge in [-0.3, -0.25) is 14.4 Å². The highest BCUT2D eigenvalue weighted by atomic mass is 79.9. The van der Waals surface area contributed by atoms with Crippen LogP contribution in [0.1, 0.15) is 36.9 Å². The molecule has 1 aliphatic heterocycles. The fourth-order valence-electron chi connectivity index (χ4n) is 4.54. The molecule has 4 nitrogen and oxygen atoms in total. The average molecular weight is 486 g/mol. The highest BCUT2D eigenvalue weighted by molar-refractivity contribution is 9.10. The molecule has 0 atom stereocenters. The topological polar surface area (TPSA) is 30.2 Å². The van der Waals surface area contributed by atoms with Crippen molar-refractivity contribution in [3.8, 4) is 5.69 Å². The Hall–Kier alpha value is -2.18. The number of hydrogen-bond acceptors (Lipinski definition) is 2. The van der Waals surface area contributed by atoms with Gasteiger partial charge in [-0.2, -0.15) is 0 Å². The van der Waals surface area contributed by atoms with Crippen molar-refractivity contribution < 1.29 is 4.39 Å². The van der Waals surface area contributed by atoms with Crippen molar-refractivity contribution in [2.45, 2.75) is 38.6 Å². The fraction of sp³-hybridized carbons (Fsp3) is 0.400. The van der Waals surface area contributed by atoms with E-state index >= 15 is 0 Å². The van der Waals surface area contributed by atoms with Crippen LogP contribution in [0.25, 0.3) is 5.69 Å². The third-order valence-corrected chi connectivity index (χ3v) is 7.19. The van der Waals surface area contributed by atoms with Gasteiger partial charge < -0.3 is 0 Å². The molecule has 6 heteroatoms. The van der Waals surface area contributed by atoms with Gasteiger partial charge in [0.05, 0.1) is 11.4 Å². The van der Waals surface area contributed by atoms with Crippen LogP contribution in [-0.4, -0.2) is 27.4 Å². The zero-order valence-corrected chi connectivity index (χ0v) is 19.5.